The van der Waals surface area contributed by atoms with Gasteiger partial charge in [0.25, 0.3) is 0 Å². The van der Waals surface area contributed by atoms with Crippen LogP contribution >= 0.6 is 0 Å². The minimum absolute atomic E-state index is 0.197. The third-order valence-corrected chi connectivity index (χ3v) is 2.17. The highest BCUT2D eigenvalue weighted by Gasteiger charge is 2.07. The van der Waals surface area contributed by atoms with Gasteiger partial charge in [-0.25, -0.2) is 0 Å². The smallest absolute Gasteiger partial charge is 0.162 e. The number of carbonyl (C=O) groups excluding carboxylic acids is 1. The van der Waals surface area contributed by atoms with E-state index in [1.807, 2.05) is 32.1 Å². The minimum Gasteiger partial charge on any atom is -0.294 e. The molecule has 0 unspecified atom stereocenters. The van der Waals surface area contributed by atoms with E-state index in [0.29, 0.717) is 6.42 Å². The van der Waals surface area contributed by atoms with Crippen LogP contribution in [0.4, 0.5) is 0 Å². The summed E-state index contributed by atoms with van der Waals surface area (Å²) in [6.45, 7) is 3.90. The second-order valence-corrected chi connectivity index (χ2v) is 3.13. The van der Waals surface area contributed by atoms with Crippen LogP contribution in [-0.4, -0.2) is 10.8 Å². The number of Topliss-reactive ketones (excluding diaryl/α,β-unsaturated/α-hetero) is 1. The molecule has 1 aromatic rings. The molecule has 0 aliphatic carbocycles. The number of aromatic nitrogens is 1. The summed E-state index contributed by atoms with van der Waals surface area (Å²) >= 11 is 0. The van der Waals surface area contributed by atoms with Crippen molar-refractivity contribution in [1.29, 1.82) is 0 Å². The maximum absolute atomic E-state index is 11.7. The Balaban J connectivity index is 2.66. The summed E-state index contributed by atoms with van der Waals surface area (Å²) in [4.78, 5) is 15.7. The second-order valence-electron chi connectivity index (χ2n) is 3.13. The van der Waals surface area contributed by atoms with E-state index in [1.165, 1.54) is 0 Å². The highest BCUT2D eigenvalue weighted by atomic mass is 16.1. The highest BCUT2D eigenvalue weighted by molar-refractivity contribution is 5.96. The van der Waals surface area contributed by atoms with Crippen LogP contribution in [0.15, 0.2) is 36.2 Å². The van der Waals surface area contributed by atoms with E-state index in [0.717, 1.165) is 17.6 Å². The van der Waals surface area contributed by atoms with Crippen molar-refractivity contribution < 1.29 is 4.79 Å². The summed E-state index contributed by atoms with van der Waals surface area (Å²) in [6, 6.07) is 3.78. The lowest BCUT2D eigenvalue weighted by Gasteiger charge is -2.02. The molecule has 74 valence electrons. The molecule has 0 amide bonds. The predicted octanol–water partition coefficient (Wildman–Crippen LogP) is 2.55. The van der Waals surface area contributed by atoms with Gasteiger partial charge in [-0.15, -0.1) is 0 Å². The van der Waals surface area contributed by atoms with E-state index >= 15 is 0 Å². The number of hydrogen-bond acceptors (Lipinski definition) is 2. The molecule has 1 rings (SSSR count). The van der Waals surface area contributed by atoms with E-state index in [2.05, 4.69) is 4.98 Å². The molecule has 0 radical (unpaired) electrons. The van der Waals surface area contributed by atoms with Crippen molar-refractivity contribution in [3.63, 3.8) is 0 Å². The average molecular weight is 189 g/mol. The predicted molar refractivity (Wildman–Crippen MR) is 57.0 cm³/mol. The third kappa shape index (κ3) is 2.80. The molecule has 0 bridgehead atoms. The number of nitrogens with zero attached hydrogens (tertiary/aromatic N) is 1. The Labute approximate surface area is 84.7 Å². The highest BCUT2D eigenvalue weighted by Crippen LogP contribution is 2.07. The summed E-state index contributed by atoms with van der Waals surface area (Å²) in [7, 11) is 0. The molecule has 0 aliphatic heterocycles. The van der Waals surface area contributed by atoms with Crippen molar-refractivity contribution in [2.24, 2.45) is 0 Å². The van der Waals surface area contributed by atoms with Crippen molar-refractivity contribution in [2.75, 3.05) is 0 Å². The van der Waals surface area contributed by atoms with Crippen molar-refractivity contribution in [3.8, 4) is 0 Å². The van der Waals surface area contributed by atoms with E-state index in [-0.39, 0.29) is 5.78 Å². The Hall–Kier alpha value is -1.44. The lowest BCUT2D eigenvalue weighted by atomic mass is 10.0. The Morgan fingerprint density at radius 1 is 1.57 bits per heavy atom. The van der Waals surface area contributed by atoms with Crippen LogP contribution in [0.25, 0.3) is 0 Å². The summed E-state index contributed by atoms with van der Waals surface area (Å²) in [5.41, 5.74) is 1.87. The molecular weight excluding hydrogens is 174 g/mol. The fraction of sp³-hybridized carbons (Fsp3) is 0.333. The Bertz CT molecular complexity index is 327. The number of hydrogen-bond donors (Lipinski definition) is 0. The Morgan fingerprint density at radius 2 is 2.36 bits per heavy atom. The van der Waals surface area contributed by atoms with Crippen molar-refractivity contribution in [3.05, 3.63) is 41.7 Å². The molecule has 1 aromatic heterocycles. The molecule has 0 spiro atoms. The van der Waals surface area contributed by atoms with E-state index in [4.69, 9.17) is 0 Å². The first-order valence-corrected chi connectivity index (χ1v) is 4.85. The molecule has 0 atom stereocenters. The summed E-state index contributed by atoms with van der Waals surface area (Å²) in [6.07, 6.45) is 6.60. The first-order chi connectivity index (χ1) is 6.77. The number of rotatable bonds is 4. The summed E-state index contributed by atoms with van der Waals surface area (Å²) in [5, 5.41) is 0. The lowest BCUT2D eigenvalue weighted by molar-refractivity contribution is -0.115. The molecule has 2 heteroatoms. The molecule has 2 nitrogen and oxygen atoms in total. The summed E-state index contributed by atoms with van der Waals surface area (Å²) < 4.78 is 0. The van der Waals surface area contributed by atoms with Gasteiger partial charge < -0.3 is 0 Å². The van der Waals surface area contributed by atoms with Crippen molar-refractivity contribution >= 4 is 5.78 Å². The zero-order valence-corrected chi connectivity index (χ0v) is 8.66. The zero-order chi connectivity index (χ0) is 10.4. The number of pyridine rings is 1. The minimum atomic E-state index is 0.197. The maximum Gasteiger partial charge on any atom is 0.162 e. The van der Waals surface area contributed by atoms with Gasteiger partial charge in [0.15, 0.2) is 5.78 Å². The molecule has 0 N–H and O–H groups in total. The number of carbonyl (C=O) groups is 1. The molecule has 0 aliphatic rings. The lowest BCUT2D eigenvalue weighted by Crippen LogP contribution is -2.05. The van der Waals surface area contributed by atoms with E-state index in [9.17, 15) is 4.79 Å². The topological polar surface area (TPSA) is 30.0 Å². The van der Waals surface area contributed by atoms with Gasteiger partial charge in [-0.05, 0) is 30.5 Å². The molecule has 1 heterocycles. The molecule has 0 aromatic carbocycles. The van der Waals surface area contributed by atoms with Crippen LogP contribution in [0.1, 0.15) is 25.8 Å². The standard InChI is InChI=1S/C12H15NO/c1-3-11(4-2)12(14)8-10-6-5-7-13-9-10/h3,5-7,9H,4,8H2,1-2H3/b11-3-. The summed E-state index contributed by atoms with van der Waals surface area (Å²) in [5.74, 6) is 0.197. The van der Waals surface area contributed by atoms with Gasteiger partial charge in [-0.2, -0.15) is 0 Å². The van der Waals surface area contributed by atoms with Gasteiger partial charge in [0, 0.05) is 18.8 Å². The van der Waals surface area contributed by atoms with Gasteiger partial charge in [-0.1, -0.05) is 19.1 Å². The van der Waals surface area contributed by atoms with Crippen LogP contribution in [0.2, 0.25) is 0 Å². The van der Waals surface area contributed by atoms with Gasteiger partial charge in [0.1, 0.15) is 0 Å². The SMILES string of the molecule is C/C=C(/CC)C(=O)Cc1cccnc1. The van der Waals surface area contributed by atoms with E-state index in [1.54, 1.807) is 12.4 Å². The van der Waals surface area contributed by atoms with Crippen LogP contribution in [0, 0.1) is 0 Å². The molecule has 0 saturated heterocycles. The van der Waals surface area contributed by atoms with Crippen LogP contribution in [-0.2, 0) is 11.2 Å². The molecule has 0 saturated carbocycles. The molecule has 0 fully saturated rings. The quantitative estimate of drug-likeness (QED) is 0.681. The maximum atomic E-state index is 11.7. The Kier molecular flexibility index (Phi) is 4.05. The number of ketones is 1. The van der Waals surface area contributed by atoms with E-state index < -0.39 is 0 Å². The van der Waals surface area contributed by atoms with Crippen molar-refractivity contribution in [2.45, 2.75) is 26.7 Å². The molecule has 14 heavy (non-hydrogen) atoms. The monoisotopic (exact) mass is 189 g/mol. The van der Waals surface area contributed by atoms with Crippen LogP contribution in [0.3, 0.4) is 0 Å². The van der Waals surface area contributed by atoms with Crippen LogP contribution in [0.5, 0.6) is 0 Å². The van der Waals surface area contributed by atoms with Crippen molar-refractivity contribution in [1.82, 2.24) is 4.98 Å². The second kappa shape index (κ2) is 5.32. The van der Waals surface area contributed by atoms with Gasteiger partial charge in [0.2, 0.25) is 0 Å². The van der Waals surface area contributed by atoms with Gasteiger partial charge >= 0.3 is 0 Å². The van der Waals surface area contributed by atoms with Gasteiger partial charge in [-0.3, -0.25) is 9.78 Å². The first-order valence-electron chi connectivity index (χ1n) is 4.85. The normalized spacial score (nSPS) is 11.4. The first kappa shape index (κ1) is 10.6. The largest absolute Gasteiger partial charge is 0.294 e. The average Bonchev–Trinajstić information content (AvgIpc) is 2.21. The molecular formula is C12H15NO. The zero-order valence-electron chi connectivity index (χ0n) is 8.66. The van der Waals surface area contributed by atoms with Gasteiger partial charge in [0.05, 0.1) is 0 Å². The van der Waals surface area contributed by atoms with Crippen LogP contribution < -0.4 is 0 Å². The third-order valence-electron chi connectivity index (χ3n) is 2.17. The fourth-order valence-electron chi connectivity index (χ4n) is 1.36. The fourth-order valence-corrected chi connectivity index (χ4v) is 1.36. The Morgan fingerprint density at radius 3 is 2.86 bits per heavy atom. The number of allylic oxidation sites excluding steroid dienone is 2.